The molecule has 0 fully saturated rings. The zero-order valence-corrected chi connectivity index (χ0v) is 17.4. The maximum atomic E-state index is 6.03. The lowest BCUT2D eigenvalue weighted by Crippen LogP contribution is -2.06. The monoisotopic (exact) mass is 392 g/mol. The molecule has 0 aliphatic rings. The topological polar surface area (TPSA) is 27.1 Å². The number of hydrogen-bond donors (Lipinski definition) is 0. The van der Waals surface area contributed by atoms with E-state index in [1.54, 1.807) is 0 Å². The highest BCUT2D eigenvalue weighted by Gasteiger charge is 2.17. The van der Waals surface area contributed by atoms with Gasteiger partial charge >= 0.3 is 0 Å². The van der Waals surface area contributed by atoms with Crippen LogP contribution in [0.3, 0.4) is 0 Å². The van der Waals surface area contributed by atoms with Crippen LogP contribution in [0.4, 0.5) is 0 Å². The van der Waals surface area contributed by atoms with Crippen LogP contribution in [0.5, 0.6) is 0 Å². The lowest BCUT2D eigenvalue weighted by atomic mass is 9.97. The Kier molecular flexibility index (Phi) is 4.51. The Balaban J connectivity index is 1.61. The zero-order chi connectivity index (χ0) is 20.7. The highest BCUT2D eigenvalue weighted by atomic mass is 16.5. The summed E-state index contributed by atoms with van der Waals surface area (Å²) >= 11 is 0. The van der Waals surface area contributed by atoms with Crippen molar-refractivity contribution in [1.82, 2.24) is 9.55 Å². The molecule has 0 aliphatic carbocycles. The van der Waals surface area contributed by atoms with Crippen LogP contribution in [0.2, 0.25) is 0 Å². The van der Waals surface area contributed by atoms with Crippen molar-refractivity contribution < 1.29 is 4.74 Å². The van der Waals surface area contributed by atoms with Gasteiger partial charge < -0.3 is 9.30 Å². The van der Waals surface area contributed by atoms with Crippen molar-refractivity contribution in [3.05, 3.63) is 96.3 Å². The summed E-state index contributed by atoms with van der Waals surface area (Å²) in [7, 11) is 0. The van der Waals surface area contributed by atoms with E-state index in [0.717, 1.165) is 12.1 Å². The number of nitrogens with zero attached hydrogens (tertiary/aromatic N) is 2. The van der Waals surface area contributed by atoms with E-state index < -0.39 is 0 Å². The van der Waals surface area contributed by atoms with Gasteiger partial charge in [-0.15, -0.1) is 0 Å². The summed E-state index contributed by atoms with van der Waals surface area (Å²) in [5.41, 5.74) is 6.09. The smallest absolute Gasteiger partial charge is 0.119 e. The van der Waals surface area contributed by atoms with Crippen LogP contribution in [0.1, 0.15) is 16.7 Å². The second-order valence-corrected chi connectivity index (χ2v) is 7.70. The average molecular weight is 393 g/mol. The Morgan fingerprint density at radius 2 is 1.67 bits per heavy atom. The van der Waals surface area contributed by atoms with Crippen LogP contribution < -0.4 is 0 Å². The fourth-order valence-corrected chi connectivity index (χ4v) is 4.56. The Hall–Kier alpha value is -3.59. The van der Waals surface area contributed by atoms with Gasteiger partial charge in [-0.25, -0.2) is 0 Å². The highest BCUT2D eigenvalue weighted by molar-refractivity contribution is 6.16. The molecule has 3 aromatic carbocycles. The van der Waals surface area contributed by atoms with Crippen LogP contribution in [0.25, 0.3) is 38.3 Å². The third-order valence-electron chi connectivity index (χ3n) is 6.02. The molecule has 2 aromatic heterocycles. The number of rotatable bonds is 5. The summed E-state index contributed by atoms with van der Waals surface area (Å²) < 4.78 is 8.43. The molecule has 30 heavy (non-hydrogen) atoms. The molecule has 0 amide bonds. The molecule has 0 atom stereocenters. The van der Waals surface area contributed by atoms with Gasteiger partial charge in [0.15, 0.2) is 0 Å². The first-order valence-corrected chi connectivity index (χ1v) is 10.3. The number of fused-ring (bicyclic) bond motifs is 4. The molecule has 0 unspecified atom stereocenters. The first-order chi connectivity index (χ1) is 14.7. The van der Waals surface area contributed by atoms with Gasteiger partial charge in [0.2, 0.25) is 0 Å². The van der Waals surface area contributed by atoms with Gasteiger partial charge in [0.1, 0.15) is 12.4 Å². The third-order valence-corrected chi connectivity index (χ3v) is 6.02. The number of benzene rings is 3. The van der Waals surface area contributed by atoms with E-state index in [-0.39, 0.29) is 0 Å². The predicted octanol–water partition coefficient (Wildman–Crippen LogP) is 6.65. The van der Waals surface area contributed by atoms with Gasteiger partial charge in [-0.2, -0.15) is 0 Å². The molecule has 0 saturated carbocycles. The molecule has 2 heterocycles. The van der Waals surface area contributed by atoms with Crippen LogP contribution in [0, 0.1) is 13.8 Å². The van der Waals surface area contributed by atoms with Crippen molar-refractivity contribution >= 4 is 38.3 Å². The van der Waals surface area contributed by atoms with Crippen LogP contribution in [0.15, 0.2) is 79.6 Å². The molecule has 0 N–H and O–H groups in total. The molecule has 0 aliphatic heterocycles. The molecule has 3 heteroatoms. The Morgan fingerprint density at radius 3 is 2.50 bits per heavy atom. The van der Waals surface area contributed by atoms with Crippen molar-refractivity contribution in [3.8, 4) is 0 Å². The summed E-state index contributed by atoms with van der Waals surface area (Å²) in [5, 5.41) is 5.07. The summed E-state index contributed by atoms with van der Waals surface area (Å²) in [6, 6.07) is 20.8. The van der Waals surface area contributed by atoms with E-state index >= 15 is 0 Å². The first kappa shape index (κ1) is 18.4. The number of hydrogen-bond acceptors (Lipinski definition) is 2. The van der Waals surface area contributed by atoms with Crippen molar-refractivity contribution in [2.45, 2.75) is 20.4 Å². The van der Waals surface area contributed by atoms with Gasteiger partial charge in [0.05, 0.1) is 12.1 Å². The number of pyridine rings is 1. The Labute approximate surface area is 176 Å². The Morgan fingerprint density at radius 1 is 0.900 bits per heavy atom. The molecular formula is C27H24N2O. The average Bonchev–Trinajstić information content (AvgIpc) is 3.13. The van der Waals surface area contributed by atoms with Crippen LogP contribution in [-0.4, -0.2) is 16.2 Å². The SMILES string of the molecule is C=C(OCCn1c2ccccc2c2c(C)c3cnccc3c(C)c21)c1ccccc1. The van der Waals surface area contributed by atoms with Gasteiger partial charge in [-0.05, 0) is 42.5 Å². The lowest BCUT2D eigenvalue weighted by Gasteiger charge is -2.14. The molecular weight excluding hydrogens is 368 g/mol. The lowest BCUT2D eigenvalue weighted by molar-refractivity contribution is 0.265. The maximum absolute atomic E-state index is 6.03. The predicted molar refractivity (Wildman–Crippen MR) is 126 cm³/mol. The van der Waals surface area contributed by atoms with Gasteiger partial charge in [-0.1, -0.05) is 55.1 Å². The second kappa shape index (κ2) is 7.34. The zero-order valence-electron chi connectivity index (χ0n) is 17.4. The molecule has 0 spiro atoms. The van der Waals surface area contributed by atoms with E-state index in [9.17, 15) is 0 Å². The number of ether oxygens (including phenoxy) is 1. The molecule has 148 valence electrons. The van der Waals surface area contributed by atoms with Crippen LogP contribution >= 0.6 is 0 Å². The van der Waals surface area contributed by atoms with Crippen molar-refractivity contribution in [1.29, 1.82) is 0 Å². The first-order valence-electron chi connectivity index (χ1n) is 10.3. The molecule has 0 radical (unpaired) electrons. The van der Waals surface area contributed by atoms with E-state index in [1.165, 1.54) is 43.7 Å². The minimum absolute atomic E-state index is 0.564. The number of aryl methyl sites for hydroxylation is 2. The van der Waals surface area contributed by atoms with Crippen LogP contribution in [-0.2, 0) is 11.3 Å². The van der Waals surface area contributed by atoms with Gasteiger partial charge in [-0.3, -0.25) is 4.98 Å². The quantitative estimate of drug-likeness (QED) is 0.313. The second-order valence-electron chi connectivity index (χ2n) is 7.70. The fourth-order valence-electron chi connectivity index (χ4n) is 4.56. The summed E-state index contributed by atoms with van der Waals surface area (Å²) in [5.74, 6) is 0.709. The molecule has 0 bridgehead atoms. The Bertz CT molecular complexity index is 1400. The molecule has 0 saturated heterocycles. The summed E-state index contributed by atoms with van der Waals surface area (Å²) in [4.78, 5) is 4.37. The number of aromatic nitrogens is 2. The third kappa shape index (κ3) is 2.86. The summed E-state index contributed by atoms with van der Waals surface area (Å²) in [6.07, 6.45) is 3.86. The molecule has 3 nitrogen and oxygen atoms in total. The van der Waals surface area contributed by atoms with E-state index in [2.05, 4.69) is 60.3 Å². The largest absolute Gasteiger partial charge is 0.492 e. The number of para-hydroxylation sites is 1. The van der Waals surface area contributed by atoms with Crippen molar-refractivity contribution in [2.75, 3.05) is 6.61 Å². The summed E-state index contributed by atoms with van der Waals surface area (Å²) in [6.45, 7) is 9.84. The van der Waals surface area contributed by atoms with Gasteiger partial charge in [0, 0.05) is 39.6 Å². The van der Waals surface area contributed by atoms with E-state index in [0.29, 0.717) is 12.4 Å². The van der Waals surface area contributed by atoms with E-state index in [4.69, 9.17) is 4.74 Å². The van der Waals surface area contributed by atoms with Crippen molar-refractivity contribution in [2.24, 2.45) is 0 Å². The minimum Gasteiger partial charge on any atom is -0.492 e. The molecule has 5 aromatic rings. The standard InChI is InChI=1S/C27H24N2O/c1-18-24-17-28-14-13-22(24)19(2)27-26(18)23-11-7-8-12-25(23)29(27)15-16-30-20(3)21-9-5-4-6-10-21/h4-14,17H,3,15-16H2,1-2H3. The normalized spacial score (nSPS) is 11.4. The highest BCUT2D eigenvalue weighted by Crippen LogP contribution is 2.38. The van der Waals surface area contributed by atoms with Crippen molar-refractivity contribution in [3.63, 3.8) is 0 Å². The fraction of sp³-hybridized carbons (Fsp3) is 0.148. The maximum Gasteiger partial charge on any atom is 0.119 e. The van der Waals surface area contributed by atoms with Gasteiger partial charge in [0.25, 0.3) is 0 Å². The minimum atomic E-state index is 0.564. The van der Waals surface area contributed by atoms with E-state index in [1.807, 2.05) is 42.7 Å². The molecule has 5 rings (SSSR count).